The molecule has 21 heavy (non-hydrogen) atoms. The van der Waals surface area contributed by atoms with Crippen molar-refractivity contribution < 1.29 is 13.9 Å². The van der Waals surface area contributed by atoms with Gasteiger partial charge in [0.15, 0.2) is 17.2 Å². The lowest BCUT2D eigenvalue weighted by atomic mass is 10.1. The predicted molar refractivity (Wildman–Crippen MR) is 73.5 cm³/mol. The Morgan fingerprint density at radius 3 is 2.81 bits per heavy atom. The lowest BCUT2D eigenvalue weighted by Gasteiger charge is -2.00. The quantitative estimate of drug-likeness (QED) is 0.693. The number of nitrogens with zero attached hydrogens (tertiary/aromatic N) is 3. The van der Waals surface area contributed by atoms with E-state index in [2.05, 4.69) is 10.1 Å². The largest absolute Gasteiger partial charge is 0.464 e. The SMILES string of the molecule is COC(=O)c1cccc2nc(Cc3ccccc3F)nn12. The van der Waals surface area contributed by atoms with E-state index in [1.807, 2.05) is 0 Å². The van der Waals surface area contributed by atoms with Crippen molar-refractivity contribution in [2.45, 2.75) is 6.42 Å². The number of hydrogen-bond donors (Lipinski definition) is 0. The summed E-state index contributed by atoms with van der Waals surface area (Å²) in [6, 6.07) is 11.5. The number of ether oxygens (including phenoxy) is 1. The minimum absolute atomic E-state index is 0.259. The van der Waals surface area contributed by atoms with Gasteiger partial charge < -0.3 is 4.74 Å². The average molecular weight is 285 g/mol. The number of esters is 1. The first-order valence-electron chi connectivity index (χ1n) is 6.35. The molecule has 0 saturated carbocycles. The zero-order chi connectivity index (χ0) is 14.8. The average Bonchev–Trinajstić information content (AvgIpc) is 2.91. The fourth-order valence-corrected chi connectivity index (χ4v) is 2.10. The fraction of sp³-hybridized carbons (Fsp3) is 0.133. The van der Waals surface area contributed by atoms with E-state index in [1.54, 1.807) is 36.4 Å². The third-order valence-electron chi connectivity index (χ3n) is 3.10. The second kappa shape index (κ2) is 5.32. The lowest BCUT2D eigenvalue weighted by Crippen LogP contribution is -2.08. The Morgan fingerprint density at radius 2 is 2.05 bits per heavy atom. The first-order chi connectivity index (χ1) is 10.2. The lowest BCUT2D eigenvalue weighted by molar-refractivity contribution is 0.0591. The summed E-state index contributed by atoms with van der Waals surface area (Å²) in [5, 5.41) is 4.26. The van der Waals surface area contributed by atoms with Gasteiger partial charge in [-0.05, 0) is 23.8 Å². The molecule has 0 N–H and O–H groups in total. The van der Waals surface area contributed by atoms with Crippen LogP contribution in [0.3, 0.4) is 0 Å². The van der Waals surface area contributed by atoms with E-state index in [9.17, 15) is 9.18 Å². The zero-order valence-electron chi connectivity index (χ0n) is 11.3. The van der Waals surface area contributed by atoms with E-state index in [4.69, 9.17) is 4.74 Å². The molecule has 106 valence electrons. The Bertz CT molecular complexity index is 814. The molecule has 0 saturated heterocycles. The van der Waals surface area contributed by atoms with Gasteiger partial charge in [-0.3, -0.25) is 0 Å². The van der Waals surface area contributed by atoms with Crippen molar-refractivity contribution in [2.75, 3.05) is 7.11 Å². The van der Waals surface area contributed by atoms with E-state index in [0.717, 1.165) is 0 Å². The standard InChI is InChI=1S/C15H12FN3O2/c1-21-15(20)12-7-4-8-14-17-13(18-19(12)14)9-10-5-2-3-6-11(10)16/h2-8H,9H2,1H3. The molecule has 0 bridgehead atoms. The molecule has 0 unspecified atom stereocenters. The number of carbonyl (C=O) groups is 1. The van der Waals surface area contributed by atoms with E-state index in [-0.39, 0.29) is 17.9 Å². The predicted octanol–water partition coefficient (Wildman–Crippen LogP) is 2.25. The minimum atomic E-state index is -0.497. The van der Waals surface area contributed by atoms with Gasteiger partial charge in [-0.1, -0.05) is 24.3 Å². The van der Waals surface area contributed by atoms with Crippen LogP contribution in [-0.4, -0.2) is 27.7 Å². The number of pyridine rings is 1. The van der Waals surface area contributed by atoms with Gasteiger partial charge in [-0.15, -0.1) is 0 Å². The van der Waals surface area contributed by atoms with Gasteiger partial charge in [0.2, 0.25) is 0 Å². The normalized spacial score (nSPS) is 10.8. The molecule has 0 amide bonds. The molecule has 6 heteroatoms. The molecule has 3 aromatic rings. The maximum absolute atomic E-state index is 13.7. The van der Waals surface area contributed by atoms with Crippen molar-refractivity contribution in [1.82, 2.24) is 14.6 Å². The highest BCUT2D eigenvalue weighted by Gasteiger charge is 2.14. The van der Waals surface area contributed by atoms with Crippen molar-refractivity contribution in [3.63, 3.8) is 0 Å². The van der Waals surface area contributed by atoms with Crippen molar-refractivity contribution in [3.8, 4) is 0 Å². The number of rotatable bonds is 3. The van der Waals surface area contributed by atoms with Crippen LogP contribution in [0.2, 0.25) is 0 Å². The van der Waals surface area contributed by atoms with Gasteiger partial charge in [0, 0.05) is 6.42 Å². The molecule has 2 heterocycles. The molecule has 0 aliphatic rings. The number of fused-ring (bicyclic) bond motifs is 1. The van der Waals surface area contributed by atoms with Gasteiger partial charge in [-0.25, -0.2) is 18.7 Å². The number of benzene rings is 1. The number of hydrogen-bond acceptors (Lipinski definition) is 4. The van der Waals surface area contributed by atoms with E-state index >= 15 is 0 Å². The molecule has 0 spiro atoms. The summed E-state index contributed by atoms with van der Waals surface area (Å²) >= 11 is 0. The highest BCUT2D eigenvalue weighted by molar-refractivity contribution is 5.88. The maximum atomic E-state index is 13.7. The summed E-state index contributed by atoms with van der Waals surface area (Å²) < 4.78 is 19.8. The summed E-state index contributed by atoms with van der Waals surface area (Å²) in [6.07, 6.45) is 0.259. The molecule has 0 aliphatic carbocycles. The molecule has 3 rings (SSSR count). The van der Waals surface area contributed by atoms with Gasteiger partial charge in [0.25, 0.3) is 0 Å². The number of aromatic nitrogens is 3. The van der Waals surface area contributed by atoms with Crippen LogP contribution in [0.25, 0.3) is 5.65 Å². The van der Waals surface area contributed by atoms with Crippen molar-refractivity contribution >= 4 is 11.6 Å². The van der Waals surface area contributed by atoms with Gasteiger partial charge in [0.05, 0.1) is 7.11 Å². The zero-order valence-corrected chi connectivity index (χ0v) is 11.3. The topological polar surface area (TPSA) is 56.5 Å². The summed E-state index contributed by atoms with van der Waals surface area (Å²) in [6.45, 7) is 0. The van der Waals surface area contributed by atoms with Crippen LogP contribution in [0, 0.1) is 5.82 Å². The Hall–Kier alpha value is -2.76. The molecular formula is C15H12FN3O2. The molecule has 0 radical (unpaired) electrons. The Balaban J connectivity index is 2.02. The first kappa shape index (κ1) is 13.2. The molecule has 2 aromatic heterocycles. The van der Waals surface area contributed by atoms with Crippen LogP contribution in [0.5, 0.6) is 0 Å². The first-order valence-corrected chi connectivity index (χ1v) is 6.35. The van der Waals surface area contributed by atoms with Crippen molar-refractivity contribution in [2.24, 2.45) is 0 Å². The summed E-state index contributed by atoms with van der Waals surface area (Å²) in [7, 11) is 1.30. The van der Waals surface area contributed by atoms with E-state index in [0.29, 0.717) is 17.0 Å². The summed E-state index contributed by atoms with van der Waals surface area (Å²) in [4.78, 5) is 16.0. The van der Waals surface area contributed by atoms with Crippen LogP contribution in [0.4, 0.5) is 4.39 Å². The van der Waals surface area contributed by atoms with E-state index in [1.165, 1.54) is 17.7 Å². The second-order valence-electron chi connectivity index (χ2n) is 4.47. The molecule has 0 aliphatic heterocycles. The Kier molecular flexibility index (Phi) is 3.35. The summed E-state index contributed by atoms with van der Waals surface area (Å²) in [5.74, 6) is -0.357. The van der Waals surface area contributed by atoms with Gasteiger partial charge >= 0.3 is 5.97 Å². The van der Waals surface area contributed by atoms with Crippen molar-refractivity contribution in [1.29, 1.82) is 0 Å². The molecule has 0 atom stereocenters. The Morgan fingerprint density at radius 1 is 1.24 bits per heavy atom. The molecule has 5 nitrogen and oxygen atoms in total. The minimum Gasteiger partial charge on any atom is -0.464 e. The molecule has 0 fully saturated rings. The van der Waals surface area contributed by atoms with Crippen molar-refractivity contribution in [3.05, 3.63) is 65.4 Å². The highest BCUT2D eigenvalue weighted by atomic mass is 19.1. The van der Waals surface area contributed by atoms with Crippen LogP contribution in [0.15, 0.2) is 42.5 Å². The molecule has 1 aromatic carbocycles. The van der Waals surface area contributed by atoms with Gasteiger partial charge in [0.1, 0.15) is 5.82 Å². The second-order valence-corrected chi connectivity index (χ2v) is 4.47. The van der Waals surface area contributed by atoms with Crippen LogP contribution in [-0.2, 0) is 11.2 Å². The highest BCUT2D eigenvalue weighted by Crippen LogP contribution is 2.13. The smallest absolute Gasteiger partial charge is 0.356 e. The van der Waals surface area contributed by atoms with Crippen LogP contribution >= 0.6 is 0 Å². The maximum Gasteiger partial charge on any atom is 0.356 e. The van der Waals surface area contributed by atoms with Crippen LogP contribution < -0.4 is 0 Å². The molecular weight excluding hydrogens is 273 g/mol. The number of carbonyl (C=O) groups excluding carboxylic acids is 1. The van der Waals surface area contributed by atoms with Gasteiger partial charge in [-0.2, -0.15) is 5.10 Å². The third kappa shape index (κ3) is 2.47. The third-order valence-corrected chi connectivity index (χ3v) is 3.10. The van der Waals surface area contributed by atoms with Crippen LogP contribution in [0.1, 0.15) is 21.9 Å². The van der Waals surface area contributed by atoms with E-state index < -0.39 is 5.97 Å². The summed E-state index contributed by atoms with van der Waals surface area (Å²) in [5.41, 5.74) is 1.31. The fourth-order valence-electron chi connectivity index (χ4n) is 2.10. The Labute approximate surface area is 120 Å². The number of halogens is 1. The number of methoxy groups -OCH3 is 1. The monoisotopic (exact) mass is 285 g/mol.